The number of benzene rings is 1. The number of nitrogens with one attached hydrogen (secondary N) is 1. The molecule has 1 aromatic rings. The van der Waals surface area contributed by atoms with Crippen molar-refractivity contribution in [2.75, 3.05) is 6.54 Å². The third-order valence-electron chi connectivity index (χ3n) is 2.61. The number of ether oxygens (including phenoxy) is 1. The largest absolute Gasteiger partial charge is 0.489 e. The van der Waals surface area contributed by atoms with Crippen LogP contribution in [0.2, 0.25) is 0 Å². The maximum absolute atomic E-state index is 12.7. The normalized spacial score (nSPS) is 14.5. The van der Waals surface area contributed by atoms with E-state index in [9.17, 15) is 4.39 Å². The molecule has 2 nitrogen and oxygen atoms in total. The number of halogens is 1. The topological polar surface area (TPSA) is 21.3 Å². The van der Waals surface area contributed by atoms with Crippen molar-refractivity contribution in [2.24, 2.45) is 0 Å². The van der Waals surface area contributed by atoms with E-state index in [2.05, 4.69) is 19.2 Å². The van der Waals surface area contributed by atoms with Crippen LogP contribution in [-0.4, -0.2) is 18.7 Å². The van der Waals surface area contributed by atoms with Gasteiger partial charge in [0.25, 0.3) is 0 Å². The molecule has 0 saturated heterocycles. The van der Waals surface area contributed by atoms with Crippen LogP contribution < -0.4 is 10.1 Å². The first-order valence-corrected chi connectivity index (χ1v) is 5.83. The molecular weight excluding hydrogens is 205 g/mol. The molecule has 1 N–H and O–H groups in total. The molecule has 1 rings (SSSR count). The van der Waals surface area contributed by atoms with Gasteiger partial charge in [0.2, 0.25) is 0 Å². The van der Waals surface area contributed by atoms with Crippen LogP contribution in [0.1, 0.15) is 27.2 Å². The molecule has 0 amide bonds. The van der Waals surface area contributed by atoms with Gasteiger partial charge in [0.1, 0.15) is 17.7 Å². The highest BCUT2D eigenvalue weighted by molar-refractivity contribution is 5.22. The zero-order valence-electron chi connectivity index (χ0n) is 10.2. The summed E-state index contributed by atoms with van der Waals surface area (Å²) in [5.74, 6) is 0.476. The zero-order chi connectivity index (χ0) is 12.0. The lowest BCUT2D eigenvalue weighted by atomic mass is 10.1. The lowest BCUT2D eigenvalue weighted by molar-refractivity contribution is 0.168. The van der Waals surface area contributed by atoms with Crippen LogP contribution in [0.15, 0.2) is 24.3 Å². The lowest BCUT2D eigenvalue weighted by Crippen LogP contribution is -2.40. The van der Waals surface area contributed by atoms with Crippen LogP contribution in [-0.2, 0) is 0 Å². The summed E-state index contributed by atoms with van der Waals surface area (Å²) in [6, 6.07) is 6.47. The third kappa shape index (κ3) is 3.81. The average Bonchev–Trinajstić information content (AvgIpc) is 2.29. The van der Waals surface area contributed by atoms with Gasteiger partial charge in [-0.05, 0) is 44.2 Å². The van der Waals surface area contributed by atoms with E-state index in [0.717, 1.165) is 13.0 Å². The molecule has 0 heterocycles. The molecule has 0 aliphatic heterocycles. The van der Waals surface area contributed by atoms with E-state index in [1.807, 2.05) is 6.92 Å². The highest BCUT2D eigenvalue weighted by Crippen LogP contribution is 2.15. The van der Waals surface area contributed by atoms with Gasteiger partial charge in [-0.2, -0.15) is 0 Å². The van der Waals surface area contributed by atoms with Crippen LogP contribution in [0, 0.1) is 5.82 Å². The molecular formula is C13H20FNO. The minimum absolute atomic E-state index is 0.0791. The highest BCUT2D eigenvalue weighted by Gasteiger charge is 2.15. The summed E-state index contributed by atoms with van der Waals surface area (Å²) < 4.78 is 18.4. The molecule has 0 aliphatic carbocycles. The Morgan fingerprint density at radius 2 is 1.88 bits per heavy atom. The van der Waals surface area contributed by atoms with Gasteiger partial charge in [0.05, 0.1) is 0 Å². The second-order valence-corrected chi connectivity index (χ2v) is 3.85. The third-order valence-corrected chi connectivity index (χ3v) is 2.61. The summed E-state index contributed by atoms with van der Waals surface area (Å²) in [5, 5.41) is 3.36. The van der Waals surface area contributed by atoms with Gasteiger partial charge >= 0.3 is 0 Å². The second kappa shape index (κ2) is 6.48. The quantitative estimate of drug-likeness (QED) is 0.803. The van der Waals surface area contributed by atoms with E-state index in [1.165, 1.54) is 12.1 Å². The molecule has 16 heavy (non-hydrogen) atoms. The van der Waals surface area contributed by atoms with E-state index >= 15 is 0 Å². The average molecular weight is 225 g/mol. The molecule has 0 fully saturated rings. The summed E-state index contributed by atoms with van der Waals surface area (Å²) in [6.07, 6.45) is 1.09. The van der Waals surface area contributed by atoms with Gasteiger partial charge in [0, 0.05) is 6.04 Å². The standard InChI is InChI=1S/C13H20FNO/c1-4-13(15-5-2)10(3)16-12-8-6-11(14)7-9-12/h6-10,13,15H,4-5H2,1-3H3. The number of hydrogen-bond donors (Lipinski definition) is 1. The number of rotatable bonds is 6. The molecule has 0 spiro atoms. The van der Waals surface area contributed by atoms with Crippen molar-refractivity contribution in [3.63, 3.8) is 0 Å². The van der Waals surface area contributed by atoms with E-state index < -0.39 is 0 Å². The van der Waals surface area contributed by atoms with E-state index in [1.54, 1.807) is 12.1 Å². The van der Waals surface area contributed by atoms with Crippen LogP contribution in [0.5, 0.6) is 5.75 Å². The van der Waals surface area contributed by atoms with Crippen LogP contribution >= 0.6 is 0 Å². The fraction of sp³-hybridized carbons (Fsp3) is 0.538. The van der Waals surface area contributed by atoms with E-state index in [0.29, 0.717) is 11.8 Å². The fourth-order valence-corrected chi connectivity index (χ4v) is 1.71. The van der Waals surface area contributed by atoms with E-state index in [-0.39, 0.29) is 11.9 Å². The second-order valence-electron chi connectivity index (χ2n) is 3.85. The van der Waals surface area contributed by atoms with Gasteiger partial charge in [-0.25, -0.2) is 4.39 Å². The predicted molar refractivity (Wildman–Crippen MR) is 64.2 cm³/mol. The summed E-state index contributed by atoms with van der Waals surface area (Å²) >= 11 is 0. The Morgan fingerprint density at radius 3 is 2.38 bits per heavy atom. The first-order valence-electron chi connectivity index (χ1n) is 5.83. The van der Waals surface area contributed by atoms with Crippen molar-refractivity contribution >= 4 is 0 Å². The molecule has 0 bridgehead atoms. The highest BCUT2D eigenvalue weighted by atomic mass is 19.1. The number of likely N-dealkylation sites (N-methyl/N-ethyl adjacent to an activating group) is 1. The Bertz CT molecular complexity index is 299. The Balaban J connectivity index is 2.55. The zero-order valence-corrected chi connectivity index (χ0v) is 10.2. The summed E-state index contributed by atoms with van der Waals surface area (Å²) in [5.41, 5.74) is 0. The van der Waals surface area contributed by atoms with Crippen LogP contribution in [0.25, 0.3) is 0 Å². The van der Waals surface area contributed by atoms with Gasteiger partial charge in [-0.1, -0.05) is 13.8 Å². The van der Waals surface area contributed by atoms with Crippen molar-refractivity contribution < 1.29 is 9.13 Å². The minimum atomic E-state index is -0.237. The molecule has 90 valence electrons. The Hall–Kier alpha value is -1.09. The SMILES string of the molecule is CCNC(CC)C(C)Oc1ccc(F)cc1. The van der Waals surface area contributed by atoms with Crippen molar-refractivity contribution in [1.29, 1.82) is 0 Å². The molecule has 3 heteroatoms. The van der Waals surface area contributed by atoms with Crippen LogP contribution in [0.4, 0.5) is 4.39 Å². The fourth-order valence-electron chi connectivity index (χ4n) is 1.71. The first-order chi connectivity index (χ1) is 7.67. The Labute approximate surface area is 96.8 Å². The van der Waals surface area contributed by atoms with Crippen molar-refractivity contribution in [2.45, 2.75) is 39.3 Å². The molecule has 0 radical (unpaired) electrons. The van der Waals surface area contributed by atoms with Gasteiger partial charge in [-0.15, -0.1) is 0 Å². The molecule has 0 saturated carbocycles. The minimum Gasteiger partial charge on any atom is -0.489 e. The molecule has 0 aliphatic rings. The summed E-state index contributed by atoms with van der Waals surface area (Å²) in [7, 11) is 0. The lowest BCUT2D eigenvalue weighted by Gasteiger charge is -2.24. The van der Waals surface area contributed by atoms with Crippen LogP contribution in [0.3, 0.4) is 0 Å². The molecule has 2 atom stereocenters. The van der Waals surface area contributed by atoms with Gasteiger partial charge < -0.3 is 10.1 Å². The van der Waals surface area contributed by atoms with Gasteiger partial charge in [0.15, 0.2) is 0 Å². The van der Waals surface area contributed by atoms with Crippen molar-refractivity contribution in [1.82, 2.24) is 5.32 Å². The maximum atomic E-state index is 12.7. The molecule has 0 aromatic heterocycles. The predicted octanol–water partition coefficient (Wildman–Crippen LogP) is 2.98. The Kier molecular flexibility index (Phi) is 5.26. The number of hydrogen-bond acceptors (Lipinski definition) is 2. The van der Waals surface area contributed by atoms with Gasteiger partial charge in [-0.3, -0.25) is 0 Å². The first kappa shape index (κ1) is 13.0. The Morgan fingerprint density at radius 1 is 1.25 bits per heavy atom. The monoisotopic (exact) mass is 225 g/mol. The molecule has 1 aromatic carbocycles. The smallest absolute Gasteiger partial charge is 0.123 e. The van der Waals surface area contributed by atoms with Crippen molar-refractivity contribution in [3.8, 4) is 5.75 Å². The summed E-state index contributed by atoms with van der Waals surface area (Å²) in [4.78, 5) is 0. The van der Waals surface area contributed by atoms with Crippen molar-refractivity contribution in [3.05, 3.63) is 30.1 Å². The van der Waals surface area contributed by atoms with E-state index in [4.69, 9.17) is 4.74 Å². The maximum Gasteiger partial charge on any atom is 0.123 e. The summed E-state index contributed by atoms with van der Waals surface area (Å²) in [6.45, 7) is 7.15. The molecule has 2 unspecified atom stereocenters.